The minimum atomic E-state index is -4.74. The fourth-order valence-corrected chi connectivity index (χ4v) is 5.15. The summed E-state index contributed by atoms with van der Waals surface area (Å²) in [4.78, 5) is 21.3. The molecule has 1 atom stereocenters. The average molecular weight is 576 g/mol. The topological polar surface area (TPSA) is 62.1 Å². The van der Waals surface area contributed by atoms with Crippen molar-refractivity contribution in [3.05, 3.63) is 88.6 Å². The highest BCUT2D eigenvalue weighted by Crippen LogP contribution is 2.29. The molecule has 0 bridgehead atoms. The first-order chi connectivity index (χ1) is 19.0. The van der Waals surface area contributed by atoms with Crippen molar-refractivity contribution in [2.45, 2.75) is 32.8 Å². The summed E-state index contributed by atoms with van der Waals surface area (Å²) >= 11 is 6.02. The highest BCUT2D eigenvalue weighted by Gasteiger charge is 2.31. The van der Waals surface area contributed by atoms with Crippen molar-refractivity contribution in [2.75, 3.05) is 29.4 Å². The zero-order valence-corrected chi connectivity index (χ0v) is 22.4. The van der Waals surface area contributed by atoms with Crippen LogP contribution in [0.15, 0.2) is 60.8 Å². The lowest BCUT2D eigenvalue weighted by Gasteiger charge is -2.42. The van der Waals surface area contributed by atoms with Crippen LogP contribution in [0, 0.1) is 12.7 Å². The Balaban J connectivity index is 1.21. The largest absolute Gasteiger partial charge is 0.573 e. The predicted octanol–water partition coefficient (Wildman–Crippen LogP) is 5.98. The molecule has 0 radical (unpaired) electrons. The van der Waals surface area contributed by atoms with Gasteiger partial charge in [0.25, 0.3) is 5.91 Å². The minimum Gasteiger partial charge on any atom is -0.406 e. The van der Waals surface area contributed by atoms with E-state index in [-0.39, 0.29) is 24.2 Å². The molecule has 1 amide bonds. The molecule has 4 aromatic rings. The van der Waals surface area contributed by atoms with E-state index >= 15 is 4.39 Å². The number of piperazine rings is 1. The number of carbonyl (C=O) groups is 1. The third kappa shape index (κ3) is 5.94. The molecule has 3 heterocycles. The number of amides is 1. The molecular formula is C28H26ClF4N5O2. The molecule has 1 fully saturated rings. The summed E-state index contributed by atoms with van der Waals surface area (Å²) in [5.74, 6) is -1.01. The second kappa shape index (κ2) is 10.9. The van der Waals surface area contributed by atoms with Crippen molar-refractivity contribution in [1.82, 2.24) is 14.7 Å². The van der Waals surface area contributed by atoms with E-state index in [4.69, 9.17) is 11.6 Å². The van der Waals surface area contributed by atoms with E-state index in [0.29, 0.717) is 52.9 Å². The number of halogens is 5. The van der Waals surface area contributed by atoms with Gasteiger partial charge >= 0.3 is 6.36 Å². The molecule has 0 saturated carbocycles. The van der Waals surface area contributed by atoms with Crippen LogP contribution in [-0.4, -0.2) is 47.3 Å². The standard InChI is InChI=1S/C28H26ClF4N5O2/c1-17-16-36(11-12-37(17)21-4-6-22(7-5-21)40-28(31,32)33)24-8-3-19(13-23(24)30)15-34-27(39)26-18(2)35-25-14-20(29)9-10-38(25)26/h3-10,13-14,17H,11-12,15-16H2,1-2H3,(H,34,39)/t17-/m0/s1. The first kappa shape index (κ1) is 27.6. The van der Waals surface area contributed by atoms with Crippen molar-refractivity contribution >= 4 is 34.5 Å². The number of carbonyl (C=O) groups excluding carboxylic acids is 1. The molecule has 7 nitrogen and oxygen atoms in total. The lowest BCUT2D eigenvalue weighted by atomic mass is 10.1. The number of aromatic nitrogens is 2. The van der Waals surface area contributed by atoms with Crippen LogP contribution in [0.25, 0.3) is 5.65 Å². The van der Waals surface area contributed by atoms with E-state index in [1.807, 2.05) is 11.8 Å². The molecule has 1 N–H and O–H groups in total. The summed E-state index contributed by atoms with van der Waals surface area (Å²) in [5.41, 5.74) is 3.32. The maximum Gasteiger partial charge on any atom is 0.573 e. The third-order valence-electron chi connectivity index (χ3n) is 6.81. The van der Waals surface area contributed by atoms with Gasteiger partial charge in [0.1, 0.15) is 22.9 Å². The van der Waals surface area contributed by atoms with Gasteiger partial charge in [-0.25, -0.2) is 9.37 Å². The summed E-state index contributed by atoms with van der Waals surface area (Å²) in [6.45, 7) is 5.45. The van der Waals surface area contributed by atoms with E-state index in [9.17, 15) is 18.0 Å². The summed E-state index contributed by atoms with van der Waals surface area (Å²) < 4.78 is 58.1. The lowest BCUT2D eigenvalue weighted by Crippen LogP contribution is -2.52. The highest BCUT2D eigenvalue weighted by molar-refractivity contribution is 6.30. The number of nitrogens with zero attached hydrogens (tertiary/aromatic N) is 4. The fraction of sp³-hybridized carbons (Fsp3) is 0.286. The Morgan fingerprint density at radius 3 is 2.55 bits per heavy atom. The minimum absolute atomic E-state index is 0.0231. The van der Waals surface area contributed by atoms with E-state index in [1.165, 1.54) is 18.2 Å². The number of rotatable bonds is 6. The van der Waals surface area contributed by atoms with Crippen molar-refractivity contribution in [3.63, 3.8) is 0 Å². The Morgan fingerprint density at radius 2 is 1.88 bits per heavy atom. The fourth-order valence-electron chi connectivity index (χ4n) is 4.99. The molecule has 5 rings (SSSR count). The summed E-state index contributed by atoms with van der Waals surface area (Å²) in [6, 6.07) is 13.9. The number of anilines is 2. The van der Waals surface area contributed by atoms with Gasteiger partial charge in [0.05, 0.1) is 11.4 Å². The number of hydrogen-bond acceptors (Lipinski definition) is 5. The molecule has 1 aliphatic heterocycles. The Morgan fingerprint density at radius 1 is 1.12 bits per heavy atom. The number of hydrogen-bond donors (Lipinski definition) is 1. The van der Waals surface area contributed by atoms with Gasteiger partial charge in [-0.2, -0.15) is 0 Å². The Labute approximate surface area is 232 Å². The maximum absolute atomic E-state index is 15.2. The Kier molecular flexibility index (Phi) is 7.50. The summed E-state index contributed by atoms with van der Waals surface area (Å²) in [5, 5.41) is 3.35. The number of pyridine rings is 1. The number of benzene rings is 2. The van der Waals surface area contributed by atoms with Crippen molar-refractivity contribution < 1.29 is 27.1 Å². The van der Waals surface area contributed by atoms with Crippen molar-refractivity contribution in [2.24, 2.45) is 0 Å². The molecule has 40 heavy (non-hydrogen) atoms. The van der Waals surface area contributed by atoms with Gasteiger partial charge in [-0.15, -0.1) is 13.2 Å². The third-order valence-corrected chi connectivity index (χ3v) is 7.05. The number of ether oxygens (including phenoxy) is 1. The molecule has 12 heteroatoms. The van der Waals surface area contributed by atoms with E-state index < -0.39 is 12.2 Å². The average Bonchev–Trinajstić information content (AvgIpc) is 3.21. The number of aryl methyl sites for hydroxylation is 1. The second-order valence-electron chi connectivity index (χ2n) is 9.62. The van der Waals surface area contributed by atoms with Gasteiger partial charge in [-0.1, -0.05) is 17.7 Å². The molecule has 2 aromatic heterocycles. The predicted molar refractivity (Wildman–Crippen MR) is 145 cm³/mol. The van der Waals surface area contributed by atoms with Gasteiger partial charge < -0.3 is 19.9 Å². The van der Waals surface area contributed by atoms with Gasteiger partial charge in [0.15, 0.2) is 0 Å². The lowest BCUT2D eigenvalue weighted by molar-refractivity contribution is -0.274. The Bertz CT molecular complexity index is 1540. The zero-order chi connectivity index (χ0) is 28.6. The molecule has 1 aliphatic rings. The van der Waals surface area contributed by atoms with Crippen LogP contribution in [0.4, 0.5) is 28.9 Å². The van der Waals surface area contributed by atoms with Crippen LogP contribution in [0.1, 0.15) is 28.7 Å². The second-order valence-corrected chi connectivity index (χ2v) is 10.1. The van der Waals surface area contributed by atoms with Crippen LogP contribution in [0.5, 0.6) is 5.75 Å². The zero-order valence-electron chi connectivity index (χ0n) is 21.7. The van der Waals surface area contributed by atoms with E-state index in [2.05, 4.69) is 19.9 Å². The van der Waals surface area contributed by atoms with Gasteiger partial charge in [0.2, 0.25) is 0 Å². The quantitative estimate of drug-likeness (QED) is 0.287. The SMILES string of the molecule is Cc1nc2cc(Cl)ccn2c1C(=O)NCc1ccc(N2CCN(c3ccc(OC(F)(F)F)cc3)[C@@H](C)C2)c(F)c1. The smallest absolute Gasteiger partial charge is 0.406 e. The van der Waals surface area contributed by atoms with E-state index in [1.54, 1.807) is 53.9 Å². The molecule has 0 spiro atoms. The van der Waals surface area contributed by atoms with Crippen LogP contribution >= 0.6 is 11.6 Å². The molecule has 2 aromatic carbocycles. The van der Waals surface area contributed by atoms with Gasteiger partial charge in [0, 0.05) is 55.2 Å². The van der Waals surface area contributed by atoms with Crippen LogP contribution in [-0.2, 0) is 6.54 Å². The molecule has 210 valence electrons. The first-order valence-electron chi connectivity index (χ1n) is 12.6. The van der Waals surface area contributed by atoms with Crippen LogP contribution in [0.3, 0.4) is 0 Å². The first-order valence-corrected chi connectivity index (χ1v) is 12.9. The summed E-state index contributed by atoms with van der Waals surface area (Å²) in [6.07, 6.45) is -3.06. The number of imidazole rings is 1. The molecule has 0 aliphatic carbocycles. The van der Waals surface area contributed by atoms with Crippen molar-refractivity contribution in [3.8, 4) is 5.75 Å². The van der Waals surface area contributed by atoms with Crippen molar-refractivity contribution in [1.29, 1.82) is 0 Å². The maximum atomic E-state index is 15.2. The highest BCUT2D eigenvalue weighted by atomic mass is 35.5. The Hall–Kier alpha value is -3.99. The van der Waals surface area contributed by atoms with Crippen LogP contribution < -0.4 is 19.9 Å². The number of alkyl halides is 3. The van der Waals surface area contributed by atoms with Gasteiger partial charge in [-0.3, -0.25) is 9.20 Å². The molecule has 1 saturated heterocycles. The normalized spacial score (nSPS) is 15.9. The summed E-state index contributed by atoms with van der Waals surface area (Å²) in [7, 11) is 0. The molecular weight excluding hydrogens is 550 g/mol. The number of fused-ring (bicyclic) bond motifs is 1. The monoisotopic (exact) mass is 575 g/mol. The van der Waals surface area contributed by atoms with Crippen LogP contribution in [0.2, 0.25) is 5.02 Å². The number of nitrogens with one attached hydrogen (secondary N) is 1. The molecule has 0 unspecified atom stereocenters. The van der Waals surface area contributed by atoms with Gasteiger partial charge in [-0.05, 0) is 61.9 Å². The van der Waals surface area contributed by atoms with E-state index in [0.717, 1.165) is 5.69 Å².